The summed E-state index contributed by atoms with van der Waals surface area (Å²) >= 11 is 0. The molecule has 2 heteroatoms. The van der Waals surface area contributed by atoms with Crippen LogP contribution in [-0.4, -0.2) is 4.57 Å². The van der Waals surface area contributed by atoms with E-state index in [2.05, 4.69) is 13.0 Å². The molecule has 0 aliphatic rings. The summed E-state index contributed by atoms with van der Waals surface area (Å²) in [5, 5.41) is 0. The standard InChI is InChI=1S/C15H17NO/c1-3-14-9-12(2)10-15(17)16(14)11-13-7-5-4-6-8-13/h4-10H,3,11H2,1-2H3. The van der Waals surface area contributed by atoms with Crippen LogP contribution < -0.4 is 5.56 Å². The van der Waals surface area contributed by atoms with Crippen LogP contribution in [0.1, 0.15) is 23.7 Å². The van der Waals surface area contributed by atoms with E-state index in [9.17, 15) is 4.79 Å². The highest BCUT2D eigenvalue weighted by molar-refractivity contribution is 5.20. The molecule has 0 saturated carbocycles. The topological polar surface area (TPSA) is 22.0 Å². The highest BCUT2D eigenvalue weighted by Gasteiger charge is 2.04. The third-order valence-electron chi connectivity index (χ3n) is 2.90. The summed E-state index contributed by atoms with van der Waals surface area (Å²) in [6, 6.07) is 13.9. The largest absolute Gasteiger partial charge is 0.308 e. The quantitative estimate of drug-likeness (QED) is 0.790. The predicted molar refractivity (Wildman–Crippen MR) is 70.4 cm³/mol. The zero-order chi connectivity index (χ0) is 12.3. The maximum atomic E-state index is 12.0. The van der Waals surface area contributed by atoms with Crippen molar-refractivity contribution in [3.05, 3.63) is 69.6 Å². The second kappa shape index (κ2) is 5.00. The lowest BCUT2D eigenvalue weighted by molar-refractivity contribution is 0.705. The molecule has 0 spiro atoms. The first-order chi connectivity index (χ1) is 8.20. The van der Waals surface area contributed by atoms with Gasteiger partial charge in [0.15, 0.2) is 0 Å². The average Bonchev–Trinajstić information content (AvgIpc) is 2.33. The first-order valence-corrected chi connectivity index (χ1v) is 5.95. The lowest BCUT2D eigenvalue weighted by Crippen LogP contribution is -2.23. The number of rotatable bonds is 3. The average molecular weight is 227 g/mol. The monoisotopic (exact) mass is 227 g/mol. The van der Waals surface area contributed by atoms with Crippen molar-refractivity contribution in [1.29, 1.82) is 0 Å². The van der Waals surface area contributed by atoms with Gasteiger partial charge in [-0.3, -0.25) is 4.79 Å². The van der Waals surface area contributed by atoms with Crippen molar-refractivity contribution in [3.63, 3.8) is 0 Å². The number of benzene rings is 1. The van der Waals surface area contributed by atoms with E-state index < -0.39 is 0 Å². The molecule has 0 aliphatic carbocycles. The lowest BCUT2D eigenvalue weighted by Gasteiger charge is -2.12. The van der Waals surface area contributed by atoms with E-state index in [0.29, 0.717) is 6.54 Å². The fraction of sp³-hybridized carbons (Fsp3) is 0.267. The third kappa shape index (κ3) is 2.64. The Morgan fingerprint density at radius 3 is 2.47 bits per heavy atom. The van der Waals surface area contributed by atoms with Gasteiger partial charge >= 0.3 is 0 Å². The van der Waals surface area contributed by atoms with Crippen molar-refractivity contribution in [3.8, 4) is 0 Å². The Morgan fingerprint density at radius 2 is 1.82 bits per heavy atom. The van der Waals surface area contributed by atoms with E-state index >= 15 is 0 Å². The molecular formula is C15H17NO. The van der Waals surface area contributed by atoms with Crippen molar-refractivity contribution < 1.29 is 0 Å². The third-order valence-corrected chi connectivity index (χ3v) is 2.90. The van der Waals surface area contributed by atoms with Crippen molar-refractivity contribution in [2.24, 2.45) is 0 Å². The van der Waals surface area contributed by atoms with Gasteiger partial charge in [-0.25, -0.2) is 0 Å². The van der Waals surface area contributed by atoms with E-state index in [1.807, 2.05) is 41.8 Å². The molecule has 0 N–H and O–H groups in total. The Hall–Kier alpha value is -1.83. The van der Waals surface area contributed by atoms with Crippen LogP contribution in [0.3, 0.4) is 0 Å². The first-order valence-electron chi connectivity index (χ1n) is 5.95. The van der Waals surface area contributed by atoms with Crippen LogP contribution in [0.2, 0.25) is 0 Å². The highest BCUT2D eigenvalue weighted by Crippen LogP contribution is 2.06. The molecule has 0 saturated heterocycles. The van der Waals surface area contributed by atoms with Gasteiger partial charge in [-0.2, -0.15) is 0 Å². The maximum Gasteiger partial charge on any atom is 0.251 e. The number of hydrogen-bond acceptors (Lipinski definition) is 1. The van der Waals surface area contributed by atoms with Crippen molar-refractivity contribution in [1.82, 2.24) is 4.57 Å². The van der Waals surface area contributed by atoms with Crippen LogP contribution in [0.15, 0.2) is 47.3 Å². The number of pyridine rings is 1. The number of nitrogens with zero attached hydrogens (tertiary/aromatic N) is 1. The van der Waals surface area contributed by atoms with Gasteiger partial charge in [0.2, 0.25) is 0 Å². The molecular weight excluding hydrogens is 210 g/mol. The molecule has 88 valence electrons. The second-order valence-electron chi connectivity index (χ2n) is 4.29. The van der Waals surface area contributed by atoms with Crippen LogP contribution in [0.4, 0.5) is 0 Å². The van der Waals surface area contributed by atoms with Gasteiger partial charge in [0, 0.05) is 11.8 Å². The molecule has 2 aromatic rings. The van der Waals surface area contributed by atoms with Gasteiger partial charge in [-0.05, 0) is 30.5 Å². The van der Waals surface area contributed by atoms with Gasteiger partial charge < -0.3 is 4.57 Å². The summed E-state index contributed by atoms with van der Waals surface area (Å²) in [7, 11) is 0. The second-order valence-corrected chi connectivity index (χ2v) is 4.29. The van der Waals surface area contributed by atoms with Crippen LogP contribution in [-0.2, 0) is 13.0 Å². The molecule has 1 heterocycles. The Morgan fingerprint density at radius 1 is 1.12 bits per heavy atom. The highest BCUT2D eigenvalue weighted by atomic mass is 16.1. The molecule has 1 aromatic heterocycles. The lowest BCUT2D eigenvalue weighted by atomic mass is 10.1. The molecule has 0 bridgehead atoms. The Kier molecular flexibility index (Phi) is 3.43. The zero-order valence-electron chi connectivity index (χ0n) is 10.3. The van der Waals surface area contributed by atoms with Crippen LogP contribution in [0.25, 0.3) is 0 Å². The molecule has 0 radical (unpaired) electrons. The van der Waals surface area contributed by atoms with Crippen molar-refractivity contribution in [2.75, 3.05) is 0 Å². The van der Waals surface area contributed by atoms with Gasteiger partial charge in [0.25, 0.3) is 5.56 Å². The summed E-state index contributed by atoms with van der Waals surface area (Å²) in [5.41, 5.74) is 3.38. The normalized spacial score (nSPS) is 10.5. The van der Waals surface area contributed by atoms with Crippen LogP contribution in [0, 0.1) is 6.92 Å². The van der Waals surface area contributed by atoms with E-state index in [4.69, 9.17) is 0 Å². The van der Waals surface area contributed by atoms with Crippen LogP contribution >= 0.6 is 0 Å². The predicted octanol–water partition coefficient (Wildman–Crippen LogP) is 2.77. The van der Waals surface area contributed by atoms with Gasteiger partial charge in [0.05, 0.1) is 6.54 Å². The molecule has 0 fully saturated rings. The van der Waals surface area contributed by atoms with Gasteiger partial charge in [-0.1, -0.05) is 37.3 Å². The summed E-state index contributed by atoms with van der Waals surface area (Å²) in [6.07, 6.45) is 0.879. The molecule has 0 atom stereocenters. The number of aromatic nitrogens is 1. The summed E-state index contributed by atoms with van der Waals surface area (Å²) in [6.45, 7) is 4.70. The molecule has 0 unspecified atom stereocenters. The molecule has 2 nitrogen and oxygen atoms in total. The summed E-state index contributed by atoms with van der Waals surface area (Å²) in [4.78, 5) is 12.0. The number of aryl methyl sites for hydroxylation is 2. The van der Waals surface area contributed by atoms with Gasteiger partial charge in [-0.15, -0.1) is 0 Å². The smallest absolute Gasteiger partial charge is 0.251 e. The van der Waals surface area contributed by atoms with E-state index in [-0.39, 0.29) is 5.56 Å². The fourth-order valence-electron chi connectivity index (χ4n) is 2.03. The minimum absolute atomic E-state index is 0.0886. The number of hydrogen-bond donors (Lipinski definition) is 0. The minimum atomic E-state index is 0.0886. The molecule has 1 aromatic carbocycles. The Balaban J connectivity index is 2.42. The van der Waals surface area contributed by atoms with Crippen molar-refractivity contribution >= 4 is 0 Å². The zero-order valence-corrected chi connectivity index (χ0v) is 10.3. The maximum absolute atomic E-state index is 12.0. The molecule has 0 amide bonds. The first kappa shape index (κ1) is 11.6. The molecule has 0 aliphatic heterocycles. The minimum Gasteiger partial charge on any atom is -0.308 e. The van der Waals surface area contributed by atoms with Crippen LogP contribution in [0.5, 0.6) is 0 Å². The van der Waals surface area contributed by atoms with E-state index in [1.54, 1.807) is 6.07 Å². The Labute approximate surface area is 102 Å². The summed E-state index contributed by atoms with van der Waals surface area (Å²) < 4.78 is 1.85. The Bertz CT molecular complexity index is 555. The fourth-order valence-corrected chi connectivity index (χ4v) is 2.03. The van der Waals surface area contributed by atoms with E-state index in [0.717, 1.165) is 23.2 Å². The van der Waals surface area contributed by atoms with Crippen molar-refractivity contribution in [2.45, 2.75) is 26.8 Å². The van der Waals surface area contributed by atoms with E-state index in [1.165, 1.54) is 0 Å². The summed E-state index contributed by atoms with van der Waals surface area (Å²) in [5.74, 6) is 0. The SMILES string of the molecule is CCc1cc(C)cc(=O)n1Cc1ccccc1. The molecule has 17 heavy (non-hydrogen) atoms. The van der Waals surface area contributed by atoms with Gasteiger partial charge in [0.1, 0.15) is 0 Å². The molecule has 2 rings (SSSR count).